The maximum Gasteiger partial charge on any atom is 0.165 e. The van der Waals surface area contributed by atoms with E-state index in [0.29, 0.717) is 11.1 Å². The molecule has 0 spiro atoms. The summed E-state index contributed by atoms with van der Waals surface area (Å²) in [4.78, 5) is 0. The maximum absolute atomic E-state index is 13.5. The Hall–Kier alpha value is -0.940. The summed E-state index contributed by atoms with van der Waals surface area (Å²) >= 11 is 6.74. The summed E-state index contributed by atoms with van der Waals surface area (Å²) in [6, 6.07) is 9.67. The average molecular weight is 392 g/mol. The van der Waals surface area contributed by atoms with Gasteiger partial charge in [0.05, 0.1) is 4.47 Å². The molecule has 2 aromatic rings. The van der Waals surface area contributed by atoms with Gasteiger partial charge in [-0.25, -0.2) is 8.78 Å². The van der Waals surface area contributed by atoms with E-state index in [1.807, 2.05) is 18.2 Å². The van der Waals surface area contributed by atoms with Crippen molar-refractivity contribution in [3.8, 4) is 5.75 Å². The summed E-state index contributed by atoms with van der Waals surface area (Å²) in [5.41, 5.74) is 1.13. The highest BCUT2D eigenvalue weighted by Crippen LogP contribution is 2.31. The molecule has 100 valence electrons. The maximum atomic E-state index is 13.5. The van der Waals surface area contributed by atoms with Gasteiger partial charge in [-0.1, -0.05) is 40.2 Å². The molecule has 0 aliphatic carbocycles. The van der Waals surface area contributed by atoms with Crippen molar-refractivity contribution in [1.82, 2.24) is 0 Å². The lowest BCUT2D eigenvalue weighted by Gasteiger charge is -2.12. The third kappa shape index (κ3) is 3.34. The number of hydrogen-bond donors (Lipinski definition) is 0. The molecular weight excluding hydrogens is 382 g/mol. The standard InChI is InChI=1S/C14H10Br2F2O/c15-7-9-3-1-5-11(16)14(9)19-8-10-4-2-6-12(17)13(10)18/h1-6H,7-8H2. The lowest BCUT2D eigenvalue weighted by molar-refractivity contribution is 0.293. The first-order chi connectivity index (χ1) is 9.13. The molecule has 0 heterocycles. The van der Waals surface area contributed by atoms with Crippen LogP contribution in [0.5, 0.6) is 5.75 Å². The highest BCUT2D eigenvalue weighted by molar-refractivity contribution is 9.10. The molecule has 0 saturated carbocycles. The van der Waals surface area contributed by atoms with E-state index >= 15 is 0 Å². The van der Waals surface area contributed by atoms with Gasteiger partial charge in [0.25, 0.3) is 0 Å². The minimum atomic E-state index is -0.867. The number of ether oxygens (including phenoxy) is 1. The first kappa shape index (κ1) is 14.5. The Balaban J connectivity index is 2.21. The Morgan fingerprint density at radius 3 is 2.42 bits per heavy atom. The molecule has 0 atom stereocenters. The summed E-state index contributed by atoms with van der Waals surface area (Å²) in [5, 5.41) is 0.618. The molecule has 5 heteroatoms. The molecular formula is C14H10Br2F2O. The Morgan fingerprint density at radius 2 is 1.68 bits per heavy atom. The van der Waals surface area contributed by atoms with Crippen molar-refractivity contribution in [2.45, 2.75) is 11.9 Å². The van der Waals surface area contributed by atoms with E-state index in [-0.39, 0.29) is 12.2 Å². The van der Waals surface area contributed by atoms with Gasteiger partial charge >= 0.3 is 0 Å². The number of hydrogen-bond acceptors (Lipinski definition) is 1. The van der Waals surface area contributed by atoms with Crippen molar-refractivity contribution >= 4 is 31.9 Å². The van der Waals surface area contributed by atoms with Crippen molar-refractivity contribution in [2.24, 2.45) is 0 Å². The van der Waals surface area contributed by atoms with Gasteiger partial charge in [0.1, 0.15) is 12.4 Å². The van der Waals surface area contributed by atoms with E-state index in [0.717, 1.165) is 16.1 Å². The van der Waals surface area contributed by atoms with Crippen LogP contribution in [-0.2, 0) is 11.9 Å². The molecule has 0 aliphatic heterocycles. The van der Waals surface area contributed by atoms with Crippen LogP contribution in [-0.4, -0.2) is 0 Å². The van der Waals surface area contributed by atoms with Gasteiger partial charge in [-0.05, 0) is 28.1 Å². The molecule has 0 saturated heterocycles. The summed E-state index contributed by atoms with van der Waals surface area (Å²) in [7, 11) is 0. The minimum absolute atomic E-state index is 0.0216. The van der Waals surface area contributed by atoms with E-state index < -0.39 is 11.6 Å². The predicted molar refractivity (Wildman–Crippen MR) is 77.5 cm³/mol. The minimum Gasteiger partial charge on any atom is -0.487 e. The average Bonchev–Trinajstić information content (AvgIpc) is 2.41. The second kappa shape index (κ2) is 6.48. The summed E-state index contributed by atoms with van der Waals surface area (Å²) in [6.45, 7) is -0.0216. The SMILES string of the molecule is Fc1cccc(COc2c(Br)cccc2CBr)c1F. The molecule has 0 radical (unpaired) electrons. The summed E-state index contributed by atoms with van der Waals surface area (Å²) < 4.78 is 33.0. The van der Waals surface area contributed by atoms with Crippen LogP contribution in [0.4, 0.5) is 8.78 Å². The topological polar surface area (TPSA) is 9.23 Å². The van der Waals surface area contributed by atoms with E-state index in [1.54, 1.807) is 0 Å². The van der Waals surface area contributed by atoms with Crippen LogP contribution in [0.3, 0.4) is 0 Å². The third-order valence-electron chi connectivity index (χ3n) is 2.60. The smallest absolute Gasteiger partial charge is 0.165 e. The van der Waals surface area contributed by atoms with Crippen LogP contribution in [0.1, 0.15) is 11.1 Å². The number of para-hydroxylation sites is 1. The first-order valence-electron chi connectivity index (χ1n) is 5.52. The van der Waals surface area contributed by atoms with Gasteiger partial charge in [-0.15, -0.1) is 0 Å². The van der Waals surface area contributed by atoms with Gasteiger partial charge in [0.15, 0.2) is 11.6 Å². The van der Waals surface area contributed by atoms with Crippen molar-refractivity contribution in [1.29, 1.82) is 0 Å². The fourth-order valence-corrected chi connectivity index (χ4v) is 2.59. The second-order valence-corrected chi connectivity index (χ2v) is 5.28. The van der Waals surface area contributed by atoms with Crippen LogP contribution in [0.15, 0.2) is 40.9 Å². The lowest BCUT2D eigenvalue weighted by Crippen LogP contribution is -2.02. The summed E-state index contributed by atoms with van der Waals surface area (Å²) in [6.07, 6.45) is 0. The fraction of sp³-hybridized carbons (Fsp3) is 0.143. The molecule has 0 aromatic heterocycles. The van der Waals surface area contributed by atoms with E-state index in [4.69, 9.17) is 4.74 Å². The third-order valence-corrected chi connectivity index (χ3v) is 3.82. The van der Waals surface area contributed by atoms with Crippen LogP contribution >= 0.6 is 31.9 Å². The van der Waals surface area contributed by atoms with Crippen LogP contribution in [0.2, 0.25) is 0 Å². The molecule has 1 nitrogen and oxygen atoms in total. The predicted octanol–water partition coefficient (Wildman–Crippen LogP) is 5.20. The van der Waals surface area contributed by atoms with Crippen molar-refractivity contribution in [3.05, 3.63) is 63.6 Å². The monoisotopic (exact) mass is 390 g/mol. The molecule has 0 amide bonds. The number of alkyl halides is 1. The quantitative estimate of drug-likeness (QED) is 0.650. The zero-order valence-electron chi connectivity index (χ0n) is 9.80. The van der Waals surface area contributed by atoms with Gasteiger partial charge < -0.3 is 4.74 Å². The van der Waals surface area contributed by atoms with Crippen molar-refractivity contribution in [3.63, 3.8) is 0 Å². The lowest BCUT2D eigenvalue weighted by atomic mass is 10.2. The molecule has 0 unspecified atom stereocenters. The Kier molecular flexibility index (Phi) is 4.93. The van der Waals surface area contributed by atoms with Crippen molar-refractivity contribution in [2.75, 3.05) is 0 Å². The van der Waals surface area contributed by atoms with E-state index in [9.17, 15) is 8.78 Å². The largest absolute Gasteiger partial charge is 0.487 e. The number of benzene rings is 2. The van der Waals surface area contributed by atoms with Crippen molar-refractivity contribution < 1.29 is 13.5 Å². The van der Waals surface area contributed by atoms with Crippen LogP contribution in [0.25, 0.3) is 0 Å². The molecule has 0 bridgehead atoms. The van der Waals surface area contributed by atoms with E-state index in [2.05, 4.69) is 31.9 Å². The number of halogens is 4. The van der Waals surface area contributed by atoms with E-state index in [1.165, 1.54) is 12.1 Å². The Labute approximate surface area is 126 Å². The molecule has 0 N–H and O–H groups in total. The highest BCUT2D eigenvalue weighted by atomic mass is 79.9. The molecule has 0 fully saturated rings. The summed E-state index contributed by atoms with van der Waals surface area (Å²) in [5.74, 6) is -1.10. The van der Waals surface area contributed by atoms with Gasteiger partial charge in [0.2, 0.25) is 0 Å². The van der Waals surface area contributed by atoms with Crippen LogP contribution < -0.4 is 4.74 Å². The van der Waals surface area contributed by atoms with Gasteiger partial charge in [-0.3, -0.25) is 0 Å². The highest BCUT2D eigenvalue weighted by Gasteiger charge is 2.11. The Morgan fingerprint density at radius 1 is 1.00 bits per heavy atom. The number of rotatable bonds is 4. The second-order valence-electron chi connectivity index (χ2n) is 3.86. The van der Waals surface area contributed by atoms with Gasteiger partial charge in [0, 0.05) is 16.5 Å². The fourth-order valence-electron chi connectivity index (χ4n) is 1.63. The first-order valence-corrected chi connectivity index (χ1v) is 7.44. The van der Waals surface area contributed by atoms with Gasteiger partial charge in [-0.2, -0.15) is 0 Å². The molecule has 19 heavy (non-hydrogen) atoms. The van der Waals surface area contributed by atoms with Crippen LogP contribution in [0, 0.1) is 11.6 Å². The molecule has 0 aliphatic rings. The zero-order chi connectivity index (χ0) is 13.8. The molecule has 2 aromatic carbocycles. The Bertz CT molecular complexity index is 588. The zero-order valence-corrected chi connectivity index (χ0v) is 13.0. The molecule has 2 rings (SSSR count). The normalized spacial score (nSPS) is 10.5.